The van der Waals surface area contributed by atoms with Crippen molar-refractivity contribution >= 4 is 5.91 Å². The van der Waals surface area contributed by atoms with Gasteiger partial charge < -0.3 is 4.90 Å². The molecule has 0 spiro atoms. The summed E-state index contributed by atoms with van der Waals surface area (Å²) < 4.78 is 1.92. The molecule has 150 valence electrons. The molecule has 3 aliphatic rings. The SMILES string of the molecule is Cc1nn(C)c(C)c1CCC(=O)N1C[C@@H]2CC[C@H]1CN(Cc1cccnc1)C2. The predicted octanol–water partition coefficient (Wildman–Crippen LogP) is 2.49. The third kappa shape index (κ3) is 3.97. The summed E-state index contributed by atoms with van der Waals surface area (Å²) in [6, 6.07) is 4.49. The first kappa shape index (κ1) is 19.1. The van der Waals surface area contributed by atoms with E-state index < -0.39 is 0 Å². The van der Waals surface area contributed by atoms with Crippen LogP contribution in [0.3, 0.4) is 0 Å². The molecule has 3 aliphatic heterocycles. The largest absolute Gasteiger partial charge is 0.338 e. The molecule has 0 saturated carbocycles. The van der Waals surface area contributed by atoms with E-state index in [0.29, 0.717) is 24.3 Å². The van der Waals surface area contributed by atoms with Crippen molar-refractivity contribution in [2.45, 2.75) is 52.1 Å². The predicted molar refractivity (Wildman–Crippen MR) is 109 cm³/mol. The number of fused-ring (bicyclic) bond motifs is 4. The first-order valence-electron chi connectivity index (χ1n) is 10.4. The zero-order chi connectivity index (χ0) is 19.7. The molecule has 28 heavy (non-hydrogen) atoms. The van der Waals surface area contributed by atoms with E-state index >= 15 is 0 Å². The van der Waals surface area contributed by atoms with Crippen LogP contribution in [0.2, 0.25) is 0 Å². The summed E-state index contributed by atoms with van der Waals surface area (Å²) >= 11 is 0. The van der Waals surface area contributed by atoms with Crippen LogP contribution in [0.4, 0.5) is 0 Å². The molecule has 2 atom stereocenters. The van der Waals surface area contributed by atoms with Crippen molar-refractivity contribution in [2.75, 3.05) is 19.6 Å². The number of hydrogen-bond donors (Lipinski definition) is 0. The van der Waals surface area contributed by atoms with Crippen LogP contribution < -0.4 is 0 Å². The Kier molecular flexibility index (Phi) is 5.49. The van der Waals surface area contributed by atoms with Crippen LogP contribution in [0, 0.1) is 19.8 Å². The average Bonchev–Trinajstić information content (AvgIpc) is 2.86. The maximum atomic E-state index is 13.1. The van der Waals surface area contributed by atoms with Gasteiger partial charge in [-0.3, -0.25) is 19.4 Å². The lowest BCUT2D eigenvalue weighted by Crippen LogP contribution is -2.47. The van der Waals surface area contributed by atoms with Crippen molar-refractivity contribution in [1.82, 2.24) is 24.6 Å². The second kappa shape index (κ2) is 8.03. The van der Waals surface area contributed by atoms with Gasteiger partial charge in [-0.05, 0) is 56.2 Å². The van der Waals surface area contributed by atoms with Crippen molar-refractivity contribution < 1.29 is 4.79 Å². The summed E-state index contributed by atoms with van der Waals surface area (Å²) in [5.41, 5.74) is 4.71. The average molecular weight is 382 g/mol. The highest BCUT2D eigenvalue weighted by molar-refractivity contribution is 5.77. The van der Waals surface area contributed by atoms with Gasteiger partial charge in [0.2, 0.25) is 5.91 Å². The number of aromatic nitrogens is 3. The van der Waals surface area contributed by atoms with E-state index in [-0.39, 0.29) is 0 Å². The Balaban J connectivity index is 1.39. The maximum Gasteiger partial charge on any atom is 0.223 e. The van der Waals surface area contributed by atoms with Gasteiger partial charge in [0, 0.05) is 63.8 Å². The van der Waals surface area contributed by atoms with Crippen LogP contribution >= 0.6 is 0 Å². The van der Waals surface area contributed by atoms with E-state index in [0.717, 1.165) is 44.7 Å². The molecule has 2 aromatic rings. The molecule has 0 N–H and O–H groups in total. The number of amides is 1. The summed E-state index contributed by atoms with van der Waals surface area (Å²) in [4.78, 5) is 22.0. The minimum atomic E-state index is 0.306. The smallest absolute Gasteiger partial charge is 0.223 e. The van der Waals surface area contributed by atoms with Crippen molar-refractivity contribution in [3.8, 4) is 0 Å². The van der Waals surface area contributed by atoms with E-state index in [2.05, 4.69) is 32.9 Å². The molecule has 2 bridgehead atoms. The number of hydrogen-bond acceptors (Lipinski definition) is 4. The van der Waals surface area contributed by atoms with Crippen LogP contribution in [-0.4, -0.2) is 56.1 Å². The Hall–Kier alpha value is -2.21. The number of carbonyl (C=O) groups is 1. The molecule has 6 heteroatoms. The van der Waals surface area contributed by atoms with Crippen molar-refractivity contribution in [3.05, 3.63) is 47.0 Å². The summed E-state index contributed by atoms with van der Waals surface area (Å²) in [5, 5.41) is 4.48. The highest BCUT2D eigenvalue weighted by Crippen LogP contribution is 2.29. The zero-order valence-electron chi connectivity index (χ0n) is 17.3. The zero-order valence-corrected chi connectivity index (χ0v) is 17.3. The molecular weight excluding hydrogens is 350 g/mol. The minimum absolute atomic E-state index is 0.306. The number of piperidine rings is 1. The Morgan fingerprint density at radius 1 is 1.21 bits per heavy atom. The summed E-state index contributed by atoms with van der Waals surface area (Å²) in [6.07, 6.45) is 7.51. The lowest BCUT2D eigenvalue weighted by molar-refractivity contribution is -0.135. The molecule has 2 aromatic heterocycles. The van der Waals surface area contributed by atoms with Crippen LogP contribution in [-0.2, 0) is 24.8 Å². The normalized spacial score (nSPS) is 22.5. The molecule has 3 fully saturated rings. The van der Waals surface area contributed by atoms with E-state index in [1.54, 1.807) is 0 Å². The molecule has 5 heterocycles. The highest BCUT2D eigenvalue weighted by Gasteiger charge is 2.36. The molecule has 3 saturated heterocycles. The van der Waals surface area contributed by atoms with Gasteiger partial charge in [-0.15, -0.1) is 0 Å². The molecule has 0 radical (unpaired) electrons. The Bertz CT molecular complexity index is 831. The van der Waals surface area contributed by atoms with E-state index in [4.69, 9.17) is 0 Å². The molecule has 5 rings (SSSR count). The Morgan fingerprint density at radius 2 is 2.07 bits per heavy atom. The summed E-state index contributed by atoms with van der Waals surface area (Å²) in [6.45, 7) is 8.02. The third-order valence-corrected chi connectivity index (χ3v) is 6.49. The van der Waals surface area contributed by atoms with Gasteiger partial charge in [0.25, 0.3) is 0 Å². The van der Waals surface area contributed by atoms with Gasteiger partial charge in [-0.2, -0.15) is 5.10 Å². The second-order valence-corrected chi connectivity index (χ2v) is 8.47. The van der Waals surface area contributed by atoms with Crippen molar-refractivity contribution in [1.29, 1.82) is 0 Å². The maximum absolute atomic E-state index is 13.1. The fourth-order valence-corrected chi connectivity index (χ4v) is 4.92. The van der Waals surface area contributed by atoms with Gasteiger partial charge in [0.1, 0.15) is 0 Å². The molecule has 0 unspecified atom stereocenters. The van der Waals surface area contributed by atoms with Crippen LogP contribution in [0.15, 0.2) is 24.5 Å². The molecule has 6 nitrogen and oxygen atoms in total. The van der Waals surface area contributed by atoms with Crippen molar-refractivity contribution in [2.24, 2.45) is 13.0 Å². The standard InChI is InChI=1S/C22H31N5O/c1-16-21(17(2)25(3)24-16)8-9-22(28)27-14-19-6-7-20(27)15-26(13-19)12-18-5-4-10-23-11-18/h4-5,10-11,19-20H,6-9,12-15H2,1-3H3/t19-,20+/m1/s1. The lowest BCUT2D eigenvalue weighted by Gasteiger charge is -2.36. The van der Waals surface area contributed by atoms with Crippen molar-refractivity contribution in [3.63, 3.8) is 0 Å². The molecule has 0 aromatic carbocycles. The second-order valence-electron chi connectivity index (χ2n) is 8.47. The van der Waals surface area contributed by atoms with Gasteiger partial charge in [0.15, 0.2) is 0 Å². The van der Waals surface area contributed by atoms with Crippen LogP contribution in [0.25, 0.3) is 0 Å². The van der Waals surface area contributed by atoms with Gasteiger partial charge in [0.05, 0.1) is 5.69 Å². The summed E-state index contributed by atoms with van der Waals surface area (Å²) in [7, 11) is 1.97. The highest BCUT2D eigenvalue weighted by atomic mass is 16.2. The first-order valence-corrected chi connectivity index (χ1v) is 10.4. The number of pyridine rings is 1. The topological polar surface area (TPSA) is 54.3 Å². The monoisotopic (exact) mass is 381 g/mol. The van der Waals surface area contributed by atoms with E-state index in [1.165, 1.54) is 23.2 Å². The van der Waals surface area contributed by atoms with Crippen LogP contribution in [0.1, 0.15) is 41.8 Å². The molecule has 1 amide bonds. The lowest BCUT2D eigenvalue weighted by atomic mass is 9.94. The number of aryl methyl sites for hydroxylation is 2. The van der Waals surface area contributed by atoms with E-state index in [9.17, 15) is 4.79 Å². The number of rotatable bonds is 5. The minimum Gasteiger partial charge on any atom is -0.338 e. The number of nitrogens with zero attached hydrogens (tertiary/aromatic N) is 5. The van der Waals surface area contributed by atoms with Gasteiger partial charge in [-0.1, -0.05) is 6.07 Å². The first-order chi connectivity index (χ1) is 13.5. The fraction of sp³-hybridized carbons (Fsp3) is 0.591. The quantitative estimate of drug-likeness (QED) is 0.799. The molecular formula is C22H31N5O. The van der Waals surface area contributed by atoms with E-state index in [1.807, 2.05) is 37.1 Å². The van der Waals surface area contributed by atoms with Gasteiger partial charge in [-0.25, -0.2) is 0 Å². The Labute approximate surface area is 167 Å². The summed E-state index contributed by atoms with van der Waals surface area (Å²) in [5.74, 6) is 0.891. The van der Waals surface area contributed by atoms with Crippen LogP contribution in [0.5, 0.6) is 0 Å². The number of carbonyl (C=O) groups excluding carboxylic acids is 1. The fourth-order valence-electron chi connectivity index (χ4n) is 4.92. The van der Waals surface area contributed by atoms with Gasteiger partial charge >= 0.3 is 0 Å². The Morgan fingerprint density at radius 3 is 2.79 bits per heavy atom. The molecule has 0 aliphatic carbocycles. The third-order valence-electron chi connectivity index (χ3n) is 6.49.